The monoisotopic (exact) mass is 467 g/mol. The Balaban J connectivity index is 1.40. The van der Waals surface area contributed by atoms with Crippen LogP contribution in [0.2, 0.25) is 0 Å². The smallest absolute Gasteiger partial charge is 0.246 e. The molecule has 0 saturated carbocycles. The van der Waals surface area contributed by atoms with Gasteiger partial charge < -0.3 is 10.1 Å². The van der Waals surface area contributed by atoms with Crippen LogP contribution in [0.25, 0.3) is 20.3 Å². The average molecular weight is 468 g/mol. The average Bonchev–Trinajstić information content (AvgIpc) is 3.52. The third-order valence-corrected chi connectivity index (χ3v) is 7.60. The highest BCUT2D eigenvalue weighted by Gasteiger charge is 2.26. The van der Waals surface area contributed by atoms with Gasteiger partial charge in [-0.25, -0.2) is 4.98 Å². The number of aromatic nitrogens is 1. The summed E-state index contributed by atoms with van der Waals surface area (Å²) in [5.41, 5.74) is 1.47. The number of hydrogen-bond donors (Lipinski definition) is 1. The Morgan fingerprint density at radius 2 is 1.84 bits per heavy atom. The molecule has 5 rings (SSSR count). The molecule has 156 valence electrons. The minimum Gasteiger partial charge on any atom is -0.491 e. The van der Waals surface area contributed by atoms with Crippen molar-refractivity contribution < 1.29 is 14.3 Å². The van der Waals surface area contributed by atoms with Gasteiger partial charge in [-0.05, 0) is 35.0 Å². The number of ether oxygens (including phenoxy) is 1. The molecule has 4 heterocycles. The van der Waals surface area contributed by atoms with E-state index in [0.29, 0.717) is 23.2 Å². The second-order valence-corrected chi connectivity index (χ2v) is 9.64. The number of carbonyl (C=O) groups excluding carboxylic acids is 2. The van der Waals surface area contributed by atoms with Crippen molar-refractivity contribution in [1.29, 1.82) is 0 Å². The van der Waals surface area contributed by atoms with E-state index >= 15 is 0 Å². The molecule has 0 fully saturated rings. The summed E-state index contributed by atoms with van der Waals surface area (Å²) in [6.07, 6.45) is 0.226. The molecule has 3 aromatic heterocycles. The maximum Gasteiger partial charge on any atom is 0.246 e. The lowest BCUT2D eigenvalue weighted by molar-refractivity contribution is -0.121. The highest BCUT2D eigenvalue weighted by Crippen LogP contribution is 2.42. The van der Waals surface area contributed by atoms with Crippen molar-refractivity contribution in [3.63, 3.8) is 0 Å². The number of benzene rings is 1. The van der Waals surface area contributed by atoms with Crippen LogP contribution in [0.3, 0.4) is 0 Å². The van der Waals surface area contributed by atoms with E-state index in [1.807, 2.05) is 47.2 Å². The van der Waals surface area contributed by atoms with E-state index in [0.717, 1.165) is 20.3 Å². The summed E-state index contributed by atoms with van der Waals surface area (Å²) >= 11 is 4.69. The molecule has 1 aliphatic rings. The van der Waals surface area contributed by atoms with Crippen molar-refractivity contribution in [2.75, 3.05) is 23.4 Å². The summed E-state index contributed by atoms with van der Waals surface area (Å²) in [7, 11) is 0. The first-order chi connectivity index (χ1) is 15.2. The number of nitrogens with one attached hydrogen (secondary N) is 1. The molecule has 6 nitrogen and oxygen atoms in total. The fraction of sp³-hybridized carbons (Fsp3) is 0.136. The topological polar surface area (TPSA) is 71.5 Å². The first-order valence-corrected chi connectivity index (χ1v) is 12.2. The van der Waals surface area contributed by atoms with E-state index in [1.54, 1.807) is 34.8 Å². The molecule has 0 unspecified atom stereocenters. The van der Waals surface area contributed by atoms with Crippen LogP contribution in [0, 0.1) is 0 Å². The molecule has 2 amide bonds. The van der Waals surface area contributed by atoms with Crippen LogP contribution < -0.4 is 15.0 Å². The molecule has 1 aliphatic heterocycles. The minimum absolute atomic E-state index is 0.0958. The molecule has 1 N–H and O–H groups in total. The zero-order valence-corrected chi connectivity index (χ0v) is 18.7. The first kappa shape index (κ1) is 19.9. The number of carbonyl (C=O) groups is 2. The lowest BCUT2D eigenvalue weighted by Crippen LogP contribution is -2.37. The van der Waals surface area contributed by atoms with Crippen molar-refractivity contribution in [2.45, 2.75) is 6.42 Å². The Kier molecular flexibility index (Phi) is 5.54. The lowest BCUT2D eigenvalue weighted by Gasteiger charge is -2.20. The van der Waals surface area contributed by atoms with Crippen LogP contribution in [-0.2, 0) is 9.59 Å². The fourth-order valence-electron chi connectivity index (χ4n) is 3.32. The van der Waals surface area contributed by atoms with E-state index in [1.165, 1.54) is 16.2 Å². The van der Waals surface area contributed by atoms with E-state index in [9.17, 15) is 9.59 Å². The van der Waals surface area contributed by atoms with Crippen LogP contribution in [-0.4, -0.2) is 29.9 Å². The normalized spacial score (nSPS) is 13.4. The second-order valence-electron chi connectivity index (χ2n) is 6.75. The van der Waals surface area contributed by atoms with E-state index in [4.69, 9.17) is 9.72 Å². The number of para-hydroxylation sites is 2. The van der Waals surface area contributed by atoms with Gasteiger partial charge in [-0.15, -0.1) is 22.7 Å². The third kappa shape index (κ3) is 4.12. The summed E-state index contributed by atoms with van der Waals surface area (Å²) in [5.74, 6) is 0.169. The predicted molar refractivity (Wildman–Crippen MR) is 126 cm³/mol. The summed E-state index contributed by atoms with van der Waals surface area (Å²) in [4.78, 5) is 34.8. The Morgan fingerprint density at radius 3 is 2.61 bits per heavy atom. The summed E-state index contributed by atoms with van der Waals surface area (Å²) < 4.78 is 5.65. The highest BCUT2D eigenvalue weighted by molar-refractivity contribution is 7.24. The number of thiophene rings is 2. The predicted octanol–water partition coefficient (Wildman–Crippen LogP) is 5.35. The first-order valence-electron chi connectivity index (χ1n) is 9.59. The Morgan fingerprint density at radius 1 is 1.06 bits per heavy atom. The van der Waals surface area contributed by atoms with Gasteiger partial charge in [0.2, 0.25) is 11.8 Å². The molecule has 1 aromatic carbocycles. The van der Waals surface area contributed by atoms with Gasteiger partial charge in [0.25, 0.3) is 0 Å². The standard InChI is InChI=1S/C22H17N3O3S3/c26-18(13-25-14-5-1-2-6-15(14)28-10-9-19(25)27)23-22-24-20(16-7-3-11-29-16)21(31-22)17-8-4-12-30-17/h1-8,11-12H,9-10,13H2,(H,23,24,26). The Labute approximate surface area is 190 Å². The van der Waals surface area contributed by atoms with Gasteiger partial charge in [-0.1, -0.05) is 35.6 Å². The van der Waals surface area contributed by atoms with Crippen molar-refractivity contribution >= 4 is 56.6 Å². The molecule has 9 heteroatoms. The number of hydrogen-bond acceptors (Lipinski definition) is 7. The third-order valence-electron chi connectivity index (χ3n) is 4.71. The second kappa shape index (κ2) is 8.62. The van der Waals surface area contributed by atoms with Crippen LogP contribution in [0.1, 0.15) is 6.42 Å². The Hall–Kier alpha value is -3.01. The molecule has 0 radical (unpaired) electrons. The molecule has 0 atom stereocenters. The summed E-state index contributed by atoms with van der Waals surface area (Å²) in [6.45, 7) is 0.205. The van der Waals surface area contributed by atoms with Gasteiger partial charge in [0.1, 0.15) is 18.0 Å². The van der Waals surface area contributed by atoms with Gasteiger partial charge in [0, 0.05) is 4.88 Å². The molecular weight excluding hydrogens is 450 g/mol. The van der Waals surface area contributed by atoms with Crippen LogP contribution in [0.4, 0.5) is 10.8 Å². The quantitative estimate of drug-likeness (QED) is 0.429. The van der Waals surface area contributed by atoms with E-state index in [-0.39, 0.29) is 24.8 Å². The molecule has 4 aromatic rings. The maximum absolute atomic E-state index is 12.9. The number of nitrogens with zero attached hydrogens (tertiary/aromatic N) is 2. The van der Waals surface area contributed by atoms with Crippen molar-refractivity contribution in [3.05, 3.63) is 59.3 Å². The number of fused-ring (bicyclic) bond motifs is 1. The zero-order chi connectivity index (χ0) is 21.2. The van der Waals surface area contributed by atoms with Gasteiger partial charge >= 0.3 is 0 Å². The van der Waals surface area contributed by atoms with Gasteiger partial charge in [0.15, 0.2) is 5.13 Å². The van der Waals surface area contributed by atoms with E-state index < -0.39 is 0 Å². The van der Waals surface area contributed by atoms with Crippen LogP contribution >= 0.6 is 34.0 Å². The van der Waals surface area contributed by atoms with Crippen molar-refractivity contribution in [1.82, 2.24) is 4.98 Å². The molecule has 0 saturated heterocycles. The van der Waals surface area contributed by atoms with Gasteiger partial charge in [-0.2, -0.15) is 0 Å². The maximum atomic E-state index is 12.9. The molecule has 0 aliphatic carbocycles. The SMILES string of the molecule is O=C(CN1C(=O)CCOc2ccccc21)Nc1nc(-c2cccs2)c(-c2cccs2)s1. The fourth-order valence-corrected chi connectivity index (χ4v) is 5.96. The van der Waals surface area contributed by atoms with Crippen LogP contribution in [0.15, 0.2) is 59.3 Å². The number of anilines is 2. The molecule has 0 bridgehead atoms. The van der Waals surface area contributed by atoms with E-state index in [2.05, 4.69) is 5.32 Å². The lowest BCUT2D eigenvalue weighted by atomic mass is 10.2. The number of amides is 2. The summed E-state index contributed by atoms with van der Waals surface area (Å²) in [5, 5.41) is 7.44. The molecule has 31 heavy (non-hydrogen) atoms. The zero-order valence-electron chi connectivity index (χ0n) is 16.2. The number of thiazole rings is 1. The van der Waals surface area contributed by atoms with Crippen LogP contribution in [0.5, 0.6) is 5.75 Å². The van der Waals surface area contributed by atoms with Gasteiger partial charge in [-0.3, -0.25) is 14.5 Å². The summed E-state index contributed by atoms with van der Waals surface area (Å²) in [6, 6.07) is 15.3. The molecular formula is C22H17N3O3S3. The Bertz CT molecular complexity index is 1160. The largest absolute Gasteiger partial charge is 0.491 e. The van der Waals surface area contributed by atoms with Crippen molar-refractivity contribution in [2.24, 2.45) is 0 Å². The minimum atomic E-state index is -0.297. The van der Waals surface area contributed by atoms with Gasteiger partial charge in [0.05, 0.1) is 28.5 Å². The number of rotatable bonds is 5. The highest BCUT2D eigenvalue weighted by atomic mass is 32.1. The molecule has 0 spiro atoms. The van der Waals surface area contributed by atoms with Crippen molar-refractivity contribution in [3.8, 4) is 26.1 Å².